The van der Waals surface area contributed by atoms with E-state index in [1.54, 1.807) is 12.3 Å². The summed E-state index contributed by atoms with van der Waals surface area (Å²) >= 11 is 0. The second-order valence-electron chi connectivity index (χ2n) is 8.38. The van der Waals surface area contributed by atoms with Crippen LogP contribution in [0.3, 0.4) is 0 Å². The van der Waals surface area contributed by atoms with Crippen LogP contribution in [0.15, 0.2) is 59.1 Å². The number of imidazole rings is 1. The van der Waals surface area contributed by atoms with E-state index in [9.17, 15) is 9.18 Å². The monoisotopic (exact) mass is 432 g/mol. The summed E-state index contributed by atoms with van der Waals surface area (Å²) in [5, 5.41) is 0. The highest BCUT2D eigenvalue weighted by atomic mass is 19.1. The van der Waals surface area contributed by atoms with Gasteiger partial charge in [-0.3, -0.25) is 4.79 Å². The second-order valence-corrected chi connectivity index (χ2v) is 8.38. The Kier molecular flexibility index (Phi) is 5.47. The molecular weight excluding hydrogens is 407 g/mol. The summed E-state index contributed by atoms with van der Waals surface area (Å²) in [7, 11) is 0. The Hall–Kier alpha value is -3.48. The van der Waals surface area contributed by atoms with Gasteiger partial charge in [-0.15, -0.1) is 0 Å². The topological polar surface area (TPSA) is 64.2 Å². The molecule has 0 spiro atoms. The molecule has 164 valence electrons. The Morgan fingerprint density at radius 3 is 2.97 bits per heavy atom. The minimum atomic E-state index is -0.260. The summed E-state index contributed by atoms with van der Waals surface area (Å²) in [5.74, 6) is 2.07. The van der Waals surface area contributed by atoms with Crippen molar-refractivity contribution in [3.05, 3.63) is 83.6 Å². The van der Waals surface area contributed by atoms with Crippen LogP contribution < -0.4 is 0 Å². The standard InChI is InChI=1S/C25H25FN4O2/c1-17-28-22-9-2-3-10-23(22)30(17)16-24(31)29-11-5-7-19(15-29)25-27-14-21(32-25)13-18-6-4-8-20(26)12-18/h2-4,6,8-10,12,14,19H,5,7,11,13,15-16H2,1H3/t19-/m0/s1. The maximum absolute atomic E-state index is 13.4. The Morgan fingerprint density at radius 2 is 2.09 bits per heavy atom. The van der Waals surface area contributed by atoms with Crippen LogP contribution in [0.4, 0.5) is 4.39 Å². The van der Waals surface area contributed by atoms with Gasteiger partial charge in [-0.2, -0.15) is 0 Å². The third-order valence-electron chi connectivity index (χ3n) is 6.10. The van der Waals surface area contributed by atoms with Gasteiger partial charge in [0.15, 0.2) is 5.89 Å². The summed E-state index contributed by atoms with van der Waals surface area (Å²) in [4.78, 5) is 24.0. The highest BCUT2D eigenvalue weighted by molar-refractivity contribution is 5.81. The minimum absolute atomic E-state index is 0.0644. The summed E-state index contributed by atoms with van der Waals surface area (Å²) in [6.45, 7) is 3.52. The molecule has 5 rings (SSSR count). The van der Waals surface area contributed by atoms with Crippen LogP contribution in [0.2, 0.25) is 0 Å². The molecule has 0 radical (unpaired) electrons. The number of oxazole rings is 1. The fourth-order valence-corrected chi connectivity index (χ4v) is 4.48. The molecule has 4 aromatic rings. The molecule has 7 heteroatoms. The first kappa shape index (κ1) is 20.4. The minimum Gasteiger partial charge on any atom is -0.445 e. The lowest BCUT2D eigenvalue weighted by Crippen LogP contribution is -2.41. The third kappa shape index (κ3) is 4.15. The smallest absolute Gasteiger partial charge is 0.242 e. The lowest BCUT2D eigenvalue weighted by molar-refractivity contribution is -0.133. The summed E-state index contributed by atoms with van der Waals surface area (Å²) in [6, 6.07) is 14.4. The van der Waals surface area contributed by atoms with E-state index in [2.05, 4.69) is 9.97 Å². The van der Waals surface area contributed by atoms with Crippen LogP contribution in [-0.4, -0.2) is 38.4 Å². The second kappa shape index (κ2) is 8.57. The van der Waals surface area contributed by atoms with Crippen molar-refractivity contribution in [1.29, 1.82) is 0 Å². The molecule has 1 fully saturated rings. The molecule has 1 amide bonds. The van der Waals surface area contributed by atoms with E-state index in [0.717, 1.165) is 41.8 Å². The zero-order chi connectivity index (χ0) is 22.1. The predicted molar refractivity (Wildman–Crippen MR) is 119 cm³/mol. The van der Waals surface area contributed by atoms with Crippen LogP contribution in [0, 0.1) is 12.7 Å². The van der Waals surface area contributed by atoms with E-state index >= 15 is 0 Å². The van der Waals surface area contributed by atoms with Crippen LogP contribution in [0.5, 0.6) is 0 Å². The lowest BCUT2D eigenvalue weighted by Gasteiger charge is -2.31. The lowest BCUT2D eigenvalue weighted by atomic mass is 9.98. The molecule has 2 aromatic heterocycles. The van der Waals surface area contributed by atoms with Gasteiger partial charge in [0.25, 0.3) is 0 Å². The number of para-hydroxylation sites is 2. The van der Waals surface area contributed by atoms with Gasteiger partial charge in [0, 0.05) is 19.5 Å². The number of nitrogens with zero attached hydrogens (tertiary/aromatic N) is 4. The highest BCUT2D eigenvalue weighted by Gasteiger charge is 2.28. The van der Waals surface area contributed by atoms with Gasteiger partial charge >= 0.3 is 0 Å². The normalized spacial score (nSPS) is 16.6. The number of aromatic nitrogens is 3. The number of fused-ring (bicyclic) bond motifs is 1. The molecule has 1 atom stereocenters. The number of aryl methyl sites for hydroxylation is 1. The molecule has 1 aliphatic heterocycles. The molecule has 6 nitrogen and oxygen atoms in total. The van der Waals surface area contributed by atoms with Gasteiger partial charge in [-0.1, -0.05) is 24.3 Å². The van der Waals surface area contributed by atoms with Crippen molar-refractivity contribution in [2.24, 2.45) is 0 Å². The van der Waals surface area contributed by atoms with E-state index in [0.29, 0.717) is 24.6 Å². The number of rotatable bonds is 5. The van der Waals surface area contributed by atoms with Crippen LogP contribution in [-0.2, 0) is 17.8 Å². The van der Waals surface area contributed by atoms with E-state index in [1.165, 1.54) is 12.1 Å². The average Bonchev–Trinajstić information content (AvgIpc) is 3.38. The maximum atomic E-state index is 13.4. The number of piperidine rings is 1. The average molecular weight is 432 g/mol. The van der Waals surface area contributed by atoms with Crippen molar-refractivity contribution in [3.63, 3.8) is 0 Å². The molecule has 32 heavy (non-hydrogen) atoms. The van der Waals surface area contributed by atoms with E-state index < -0.39 is 0 Å². The molecule has 1 saturated heterocycles. The summed E-state index contributed by atoms with van der Waals surface area (Å²) in [6.07, 6.45) is 4.04. The first-order chi connectivity index (χ1) is 15.6. The number of hydrogen-bond donors (Lipinski definition) is 0. The molecule has 2 aromatic carbocycles. The number of benzene rings is 2. The van der Waals surface area contributed by atoms with E-state index in [4.69, 9.17) is 4.42 Å². The van der Waals surface area contributed by atoms with Gasteiger partial charge < -0.3 is 13.9 Å². The first-order valence-electron chi connectivity index (χ1n) is 11.0. The summed E-state index contributed by atoms with van der Waals surface area (Å²) in [5.41, 5.74) is 2.72. The summed E-state index contributed by atoms with van der Waals surface area (Å²) < 4.78 is 21.4. The highest BCUT2D eigenvalue weighted by Crippen LogP contribution is 2.28. The third-order valence-corrected chi connectivity index (χ3v) is 6.10. The number of likely N-dealkylation sites (tertiary alicyclic amines) is 1. The van der Waals surface area contributed by atoms with Gasteiger partial charge in [-0.05, 0) is 49.6 Å². The Bertz CT molecular complexity index is 1260. The number of halogens is 1. The quantitative estimate of drug-likeness (QED) is 0.467. The predicted octanol–water partition coefficient (Wildman–Crippen LogP) is 4.47. The van der Waals surface area contributed by atoms with Crippen molar-refractivity contribution >= 4 is 16.9 Å². The van der Waals surface area contributed by atoms with Gasteiger partial charge in [0.05, 0.1) is 23.1 Å². The largest absolute Gasteiger partial charge is 0.445 e. The van der Waals surface area contributed by atoms with Gasteiger partial charge in [0.1, 0.15) is 23.9 Å². The Morgan fingerprint density at radius 1 is 1.22 bits per heavy atom. The number of hydrogen-bond acceptors (Lipinski definition) is 4. The molecular formula is C25H25FN4O2. The maximum Gasteiger partial charge on any atom is 0.242 e. The number of carbonyl (C=O) groups excluding carboxylic acids is 1. The first-order valence-corrected chi connectivity index (χ1v) is 11.0. The Labute approximate surface area is 185 Å². The molecule has 0 unspecified atom stereocenters. The fraction of sp³-hybridized carbons (Fsp3) is 0.320. The zero-order valence-electron chi connectivity index (χ0n) is 18.0. The Balaban J connectivity index is 1.27. The molecule has 0 bridgehead atoms. The van der Waals surface area contributed by atoms with Crippen molar-refractivity contribution in [3.8, 4) is 0 Å². The van der Waals surface area contributed by atoms with Crippen LogP contribution in [0.25, 0.3) is 11.0 Å². The number of amides is 1. The van der Waals surface area contributed by atoms with Crippen LogP contribution in [0.1, 0.15) is 41.8 Å². The molecule has 0 N–H and O–H groups in total. The molecule has 3 heterocycles. The molecule has 0 saturated carbocycles. The fourth-order valence-electron chi connectivity index (χ4n) is 4.48. The number of carbonyl (C=O) groups is 1. The zero-order valence-corrected chi connectivity index (χ0v) is 18.0. The van der Waals surface area contributed by atoms with Crippen LogP contribution >= 0.6 is 0 Å². The van der Waals surface area contributed by atoms with Gasteiger partial charge in [0.2, 0.25) is 5.91 Å². The van der Waals surface area contributed by atoms with Crippen molar-refractivity contribution in [2.45, 2.75) is 38.6 Å². The van der Waals surface area contributed by atoms with E-state index in [1.807, 2.05) is 46.7 Å². The molecule has 1 aliphatic rings. The van der Waals surface area contributed by atoms with Crippen molar-refractivity contribution < 1.29 is 13.6 Å². The van der Waals surface area contributed by atoms with Crippen molar-refractivity contribution in [2.75, 3.05) is 13.1 Å². The molecule has 0 aliphatic carbocycles. The SMILES string of the molecule is Cc1nc2ccccc2n1CC(=O)N1CCC[C@H](c2ncc(Cc3cccc(F)c3)o2)C1. The van der Waals surface area contributed by atoms with Crippen molar-refractivity contribution in [1.82, 2.24) is 19.4 Å². The van der Waals surface area contributed by atoms with Gasteiger partial charge in [-0.25, -0.2) is 14.4 Å². The van der Waals surface area contributed by atoms with E-state index in [-0.39, 0.29) is 24.2 Å².